The molecule has 5 nitrogen and oxygen atoms in total. The zero-order valence-corrected chi connectivity index (χ0v) is 11.4. The van der Waals surface area contributed by atoms with Crippen molar-refractivity contribution < 1.29 is 9.59 Å². The Kier molecular flexibility index (Phi) is 5.16. The molecule has 2 aliphatic rings. The molecular formula is C12H21N3O2S. The van der Waals surface area contributed by atoms with Gasteiger partial charge in [-0.15, -0.1) is 0 Å². The molecule has 0 aromatic carbocycles. The summed E-state index contributed by atoms with van der Waals surface area (Å²) in [6.45, 7) is 1.42. The molecule has 102 valence electrons. The Hall–Kier alpha value is -0.910. The van der Waals surface area contributed by atoms with Crippen LogP contribution >= 0.6 is 11.8 Å². The van der Waals surface area contributed by atoms with Gasteiger partial charge in [0.2, 0.25) is 5.91 Å². The minimum Gasteiger partial charge on any atom is -0.354 e. The van der Waals surface area contributed by atoms with Gasteiger partial charge in [0.25, 0.3) is 0 Å². The van der Waals surface area contributed by atoms with Crippen LogP contribution in [0.25, 0.3) is 0 Å². The smallest absolute Gasteiger partial charge is 0.315 e. The van der Waals surface area contributed by atoms with Gasteiger partial charge >= 0.3 is 6.03 Å². The van der Waals surface area contributed by atoms with Crippen molar-refractivity contribution in [2.24, 2.45) is 0 Å². The van der Waals surface area contributed by atoms with E-state index in [2.05, 4.69) is 16.0 Å². The Morgan fingerprint density at radius 2 is 2.22 bits per heavy atom. The van der Waals surface area contributed by atoms with Gasteiger partial charge in [-0.1, -0.05) is 0 Å². The molecule has 0 bridgehead atoms. The van der Waals surface area contributed by atoms with Gasteiger partial charge in [-0.05, 0) is 37.9 Å². The van der Waals surface area contributed by atoms with Crippen molar-refractivity contribution in [1.29, 1.82) is 0 Å². The molecule has 3 amide bonds. The topological polar surface area (TPSA) is 70.2 Å². The minimum absolute atomic E-state index is 0.0575. The lowest BCUT2D eigenvalue weighted by molar-refractivity contribution is -0.122. The Labute approximate surface area is 112 Å². The van der Waals surface area contributed by atoms with E-state index in [1.807, 2.05) is 11.8 Å². The molecule has 2 atom stereocenters. The second kappa shape index (κ2) is 6.87. The van der Waals surface area contributed by atoms with Crippen LogP contribution in [-0.2, 0) is 4.79 Å². The Balaban J connectivity index is 1.70. The van der Waals surface area contributed by atoms with Gasteiger partial charge in [0.1, 0.15) is 6.04 Å². The predicted molar refractivity (Wildman–Crippen MR) is 72.7 cm³/mol. The van der Waals surface area contributed by atoms with Gasteiger partial charge < -0.3 is 16.0 Å². The zero-order chi connectivity index (χ0) is 12.8. The summed E-state index contributed by atoms with van der Waals surface area (Å²) < 4.78 is 0. The van der Waals surface area contributed by atoms with Crippen LogP contribution in [0.4, 0.5) is 4.79 Å². The molecule has 2 saturated heterocycles. The minimum atomic E-state index is -0.372. The van der Waals surface area contributed by atoms with Crippen LogP contribution < -0.4 is 16.0 Å². The van der Waals surface area contributed by atoms with Gasteiger partial charge in [-0.3, -0.25) is 4.79 Å². The number of hydrogen-bond acceptors (Lipinski definition) is 3. The summed E-state index contributed by atoms with van der Waals surface area (Å²) in [6, 6.07) is -0.590. The van der Waals surface area contributed by atoms with Crippen molar-refractivity contribution in [3.63, 3.8) is 0 Å². The number of hydrogen-bond donors (Lipinski definition) is 3. The normalized spacial score (nSPS) is 28.3. The number of nitrogens with one attached hydrogen (secondary N) is 3. The summed E-state index contributed by atoms with van der Waals surface area (Å²) in [5.74, 6) is 1.14. The van der Waals surface area contributed by atoms with Crippen molar-refractivity contribution in [3.05, 3.63) is 0 Å². The number of urea groups is 1. The highest BCUT2D eigenvalue weighted by Gasteiger charge is 2.23. The number of carbonyl (C=O) groups excluding carboxylic acids is 2. The van der Waals surface area contributed by atoms with E-state index in [1.54, 1.807) is 0 Å². The number of carbonyl (C=O) groups is 2. The molecular weight excluding hydrogens is 250 g/mol. The van der Waals surface area contributed by atoms with E-state index in [1.165, 1.54) is 18.6 Å². The Morgan fingerprint density at radius 1 is 1.33 bits per heavy atom. The highest BCUT2D eigenvalue weighted by molar-refractivity contribution is 8.00. The van der Waals surface area contributed by atoms with Crippen molar-refractivity contribution in [2.45, 2.75) is 43.4 Å². The molecule has 0 saturated carbocycles. The number of thioether (sulfide) groups is 1. The second-order valence-electron chi connectivity index (χ2n) is 4.83. The van der Waals surface area contributed by atoms with Crippen LogP contribution in [0.2, 0.25) is 0 Å². The summed E-state index contributed by atoms with van der Waals surface area (Å²) >= 11 is 1.91. The number of rotatable bonds is 3. The average molecular weight is 271 g/mol. The standard InChI is InChI=1S/C12H21N3O2S/c16-11-10(5-1-2-6-13-11)15-12(17)14-8-9-4-3-7-18-9/h9-10H,1-8H2,(H,13,16)(H2,14,15,17). The van der Waals surface area contributed by atoms with E-state index in [0.717, 1.165) is 25.8 Å². The van der Waals surface area contributed by atoms with Crippen LogP contribution in [-0.4, -0.2) is 42.1 Å². The summed E-state index contributed by atoms with van der Waals surface area (Å²) in [4.78, 5) is 23.4. The lowest BCUT2D eigenvalue weighted by Gasteiger charge is -2.17. The first-order valence-electron chi connectivity index (χ1n) is 6.69. The van der Waals surface area contributed by atoms with Crippen LogP contribution in [0.1, 0.15) is 32.1 Å². The SMILES string of the molecule is O=C(NCC1CCCS1)NC1CCCCNC1=O. The van der Waals surface area contributed by atoms with E-state index in [4.69, 9.17) is 0 Å². The summed E-state index contributed by atoms with van der Waals surface area (Å²) in [5, 5.41) is 8.98. The van der Waals surface area contributed by atoms with Gasteiger partial charge in [0, 0.05) is 18.3 Å². The lowest BCUT2D eigenvalue weighted by atomic mass is 10.1. The molecule has 2 rings (SSSR count). The maximum atomic E-state index is 11.7. The average Bonchev–Trinajstić information content (AvgIpc) is 2.80. The Morgan fingerprint density at radius 3 is 3.00 bits per heavy atom. The van der Waals surface area contributed by atoms with Crippen LogP contribution in [0, 0.1) is 0 Å². The van der Waals surface area contributed by atoms with Gasteiger partial charge in [-0.2, -0.15) is 11.8 Å². The fourth-order valence-electron chi connectivity index (χ4n) is 2.30. The fourth-order valence-corrected chi connectivity index (χ4v) is 3.50. The molecule has 3 N–H and O–H groups in total. The quantitative estimate of drug-likeness (QED) is 0.713. The van der Waals surface area contributed by atoms with Gasteiger partial charge in [0.15, 0.2) is 0 Å². The highest BCUT2D eigenvalue weighted by atomic mass is 32.2. The van der Waals surface area contributed by atoms with Gasteiger partial charge in [-0.25, -0.2) is 4.79 Å². The Bertz CT molecular complexity index is 306. The van der Waals surface area contributed by atoms with Crippen molar-refractivity contribution in [2.75, 3.05) is 18.8 Å². The molecule has 0 aromatic rings. The first-order chi connectivity index (χ1) is 8.75. The first-order valence-corrected chi connectivity index (χ1v) is 7.74. The van der Waals surface area contributed by atoms with E-state index in [-0.39, 0.29) is 18.0 Å². The first kappa shape index (κ1) is 13.5. The van der Waals surface area contributed by atoms with Crippen LogP contribution in [0.3, 0.4) is 0 Å². The molecule has 2 fully saturated rings. The third kappa shape index (κ3) is 4.08. The van der Waals surface area contributed by atoms with E-state index < -0.39 is 0 Å². The van der Waals surface area contributed by atoms with Crippen LogP contribution in [0.15, 0.2) is 0 Å². The molecule has 0 aliphatic carbocycles. The van der Waals surface area contributed by atoms with E-state index in [9.17, 15) is 9.59 Å². The molecule has 2 heterocycles. The summed E-state index contributed by atoms with van der Waals surface area (Å²) in [5.41, 5.74) is 0. The summed E-state index contributed by atoms with van der Waals surface area (Å²) in [7, 11) is 0. The van der Waals surface area contributed by atoms with Crippen LogP contribution in [0.5, 0.6) is 0 Å². The predicted octanol–water partition coefficient (Wildman–Crippen LogP) is 0.850. The van der Waals surface area contributed by atoms with E-state index in [0.29, 0.717) is 11.8 Å². The maximum absolute atomic E-state index is 11.7. The van der Waals surface area contributed by atoms with Gasteiger partial charge in [0.05, 0.1) is 0 Å². The third-order valence-corrected chi connectivity index (χ3v) is 4.75. The van der Waals surface area contributed by atoms with Crippen molar-refractivity contribution in [3.8, 4) is 0 Å². The lowest BCUT2D eigenvalue weighted by Crippen LogP contribution is -2.49. The highest BCUT2D eigenvalue weighted by Crippen LogP contribution is 2.25. The molecule has 0 spiro atoms. The number of amides is 3. The summed E-state index contributed by atoms with van der Waals surface area (Å²) in [6.07, 6.45) is 5.11. The molecule has 0 aromatic heterocycles. The monoisotopic (exact) mass is 271 g/mol. The fraction of sp³-hybridized carbons (Fsp3) is 0.833. The zero-order valence-electron chi connectivity index (χ0n) is 10.5. The molecule has 18 heavy (non-hydrogen) atoms. The van der Waals surface area contributed by atoms with E-state index >= 15 is 0 Å². The van der Waals surface area contributed by atoms with Crippen molar-refractivity contribution in [1.82, 2.24) is 16.0 Å². The third-order valence-electron chi connectivity index (χ3n) is 3.35. The van der Waals surface area contributed by atoms with Crippen molar-refractivity contribution >= 4 is 23.7 Å². The maximum Gasteiger partial charge on any atom is 0.315 e. The largest absolute Gasteiger partial charge is 0.354 e. The second-order valence-corrected chi connectivity index (χ2v) is 6.24. The molecule has 6 heteroatoms. The molecule has 0 radical (unpaired) electrons. The molecule has 2 aliphatic heterocycles. The molecule has 2 unspecified atom stereocenters.